The molecule has 0 aliphatic rings. The van der Waals surface area contributed by atoms with Gasteiger partial charge < -0.3 is 0 Å². The monoisotopic (exact) mass is 375 g/mol. The molecule has 3 aromatic carbocycles. The summed E-state index contributed by atoms with van der Waals surface area (Å²) in [6.45, 7) is 0. The van der Waals surface area contributed by atoms with Gasteiger partial charge in [0.25, 0.3) is 5.56 Å². The van der Waals surface area contributed by atoms with Crippen molar-refractivity contribution in [3.05, 3.63) is 105 Å². The van der Waals surface area contributed by atoms with Crippen LogP contribution in [0.1, 0.15) is 11.3 Å². The minimum atomic E-state index is -0.146. The maximum Gasteiger partial charge on any atom is 0.294 e. The maximum atomic E-state index is 13.0. The molecular weight excluding hydrogens is 358 g/mol. The quantitative estimate of drug-likeness (QED) is 0.525. The second-order valence-electron chi connectivity index (χ2n) is 6.35. The lowest BCUT2D eigenvalue weighted by atomic mass is 10.0. The maximum absolute atomic E-state index is 13.0. The molecule has 0 spiro atoms. The van der Waals surface area contributed by atoms with E-state index in [0.717, 1.165) is 22.3 Å². The Balaban J connectivity index is 1.88. The molecule has 0 N–H and O–H groups in total. The molecule has 4 nitrogen and oxygen atoms in total. The third kappa shape index (κ3) is 3.44. The van der Waals surface area contributed by atoms with Crippen LogP contribution in [0.5, 0.6) is 0 Å². The second-order valence-corrected chi connectivity index (χ2v) is 6.79. The van der Waals surface area contributed by atoms with Crippen molar-refractivity contribution in [2.75, 3.05) is 12.1 Å². The van der Waals surface area contributed by atoms with Crippen LogP contribution < -0.4 is 10.6 Å². The summed E-state index contributed by atoms with van der Waals surface area (Å²) in [5.41, 5.74) is 2.62. The highest BCUT2D eigenvalue weighted by molar-refractivity contribution is 6.30. The number of aromatic nitrogens is 2. The standard InChI is InChI=1S/C22H18ClN3O/c1-25(18-10-3-2-4-11-18)26-22(27)20-13-6-5-12-19(20)21(24-26)15-16-8-7-9-17(23)14-16/h2-14H,15H2,1H3. The van der Waals surface area contributed by atoms with Crippen LogP contribution in [0.15, 0.2) is 83.7 Å². The van der Waals surface area contributed by atoms with Crippen LogP contribution in [0.2, 0.25) is 5.02 Å². The largest absolute Gasteiger partial charge is 0.294 e. The SMILES string of the molecule is CN(c1ccccc1)n1nc(Cc2cccc(Cl)c2)c2ccccc2c1=O. The van der Waals surface area contributed by atoms with Gasteiger partial charge in [0.1, 0.15) is 0 Å². The third-order valence-electron chi connectivity index (χ3n) is 4.54. The van der Waals surface area contributed by atoms with E-state index in [1.807, 2.05) is 85.9 Å². The molecule has 134 valence electrons. The highest BCUT2D eigenvalue weighted by Crippen LogP contribution is 2.20. The molecule has 0 fully saturated rings. The van der Waals surface area contributed by atoms with Gasteiger partial charge >= 0.3 is 0 Å². The topological polar surface area (TPSA) is 38.1 Å². The number of halogens is 1. The fourth-order valence-electron chi connectivity index (χ4n) is 3.17. The van der Waals surface area contributed by atoms with Crippen LogP contribution in [-0.2, 0) is 6.42 Å². The summed E-state index contributed by atoms with van der Waals surface area (Å²) < 4.78 is 0. The first-order valence-corrected chi connectivity index (χ1v) is 9.06. The molecule has 0 radical (unpaired) electrons. The first kappa shape index (κ1) is 17.3. The number of hydrogen-bond acceptors (Lipinski definition) is 3. The summed E-state index contributed by atoms with van der Waals surface area (Å²) in [7, 11) is 1.83. The van der Waals surface area contributed by atoms with Gasteiger partial charge in [0.15, 0.2) is 0 Å². The van der Waals surface area contributed by atoms with Gasteiger partial charge in [0.2, 0.25) is 0 Å². The third-order valence-corrected chi connectivity index (χ3v) is 4.78. The zero-order valence-corrected chi connectivity index (χ0v) is 15.6. The Kier molecular flexibility index (Phi) is 4.65. The van der Waals surface area contributed by atoms with Crippen LogP contribution in [-0.4, -0.2) is 16.9 Å². The van der Waals surface area contributed by atoms with E-state index in [-0.39, 0.29) is 5.56 Å². The Morgan fingerprint density at radius 3 is 2.37 bits per heavy atom. The van der Waals surface area contributed by atoms with E-state index in [1.165, 1.54) is 4.79 Å². The summed E-state index contributed by atoms with van der Waals surface area (Å²) in [5, 5.41) is 8.64. The number of anilines is 1. The van der Waals surface area contributed by atoms with Crippen LogP contribution in [0, 0.1) is 0 Å². The molecule has 4 aromatic rings. The molecule has 0 aliphatic carbocycles. The average Bonchev–Trinajstić information content (AvgIpc) is 2.70. The van der Waals surface area contributed by atoms with Crippen LogP contribution in [0.25, 0.3) is 10.8 Å². The van der Waals surface area contributed by atoms with Crippen molar-refractivity contribution in [1.29, 1.82) is 0 Å². The second kappa shape index (κ2) is 7.25. The minimum Gasteiger partial charge on any atom is -0.265 e. The molecule has 1 heterocycles. The number of rotatable bonds is 4. The van der Waals surface area contributed by atoms with Gasteiger partial charge in [-0.2, -0.15) is 5.10 Å². The van der Waals surface area contributed by atoms with Gasteiger partial charge in [-0.1, -0.05) is 60.1 Å². The fraction of sp³-hybridized carbons (Fsp3) is 0.0909. The van der Waals surface area contributed by atoms with Crippen molar-refractivity contribution in [3.63, 3.8) is 0 Å². The molecule has 5 heteroatoms. The Labute approximate surface area is 162 Å². The highest BCUT2D eigenvalue weighted by atomic mass is 35.5. The first-order valence-electron chi connectivity index (χ1n) is 8.68. The summed E-state index contributed by atoms with van der Waals surface area (Å²) in [4.78, 5) is 14.5. The van der Waals surface area contributed by atoms with E-state index in [2.05, 4.69) is 5.10 Å². The van der Waals surface area contributed by atoms with Crippen molar-refractivity contribution in [2.24, 2.45) is 0 Å². The van der Waals surface area contributed by atoms with Crippen molar-refractivity contribution in [2.45, 2.75) is 6.42 Å². The Bertz CT molecular complexity index is 1160. The number of benzene rings is 3. The minimum absolute atomic E-state index is 0.146. The number of para-hydroxylation sites is 1. The van der Waals surface area contributed by atoms with Crippen LogP contribution in [0.3, 0.4) is 0 Å². The van der Waals surface area contributed by atoms with Crippen molar-refractivity contribution in [1.82, 2.24) is 9.89 Å². The van der Waals surface area contributed by atoms with Gasteiger partial charge in [-0.15, -0.1) is 4.79 Å². The Morgan fingerprint density at radius 1 is 0.926 bits per heavy atom. The highest BCUT2D eigenvalue weighted by Gasteiger charge is 2.14. The molecule has 0 atom stereocenters. The van der Waals surface area contributed by atoms with Gasteiger partial charge in [-0.05, 0) is 35.9 Å². The molecule has 0 unspecified atom stereocenters. The van der Waals surface area contributed by atoms with Gasteiger partial charge in [0.05, 0.1) is 16.8 Å². The number of fused-ring (bicyclic) bond motifs is 1. The average molecular weight is 376 g/mol. The number of hydrogen-bond donors (Lipinski definition) is 0. The normalized spacial score (nSPS) is 10.9. The summed E-state index contributed by atoms with van der Waals surface area (Å²) >= 11 is 6.13. The van der Waals surface area contributed by atoms with Crippen LogP contribution >= 0.6 is 11.6 Å². The van der Waals surface area contributed by atoms with E-state index in [9.17, 15) is 4.79 Å². The van der Waals surface area contributed by atoms with Crippen LogP contribution in [0.4, 0.5) is 5.69 Å². The smallest absolute Gasteiger partial charge is 0.265 e. The molecule has 27 heavy (non-hydrogen) atoms. The van der Waals surface area contributed by atoms with E-state index in [1.54, 1.807) is 5.01 Å². The lowest BCUT2D eigenvalue weighted by Crippen LogP contribution is -2.38. The van der Waals surface area contributed by atoms with Gasteiger partial charge in [0, 0.05) is 23.9 Å². The van der Waals surface area contributed by atoms with Crippen molar-refractivity contribution < 1.29 is 0 Å². The predicted molar refractivity (Wildman–Crippen MR) is 111 cm³/mol. The van der Waals surface area contributed by atoms with Crippen molar-refractivity contribution >= 4 is 28.1 Å². The summed E-state index contributed by atoms with van der Waals surface area (Å²) in [6, 6.07) is 25.0. The molecule has 1 aromatic heterocycles. The Hall–Kier alpha value is -3.11. The van der Waals surface area contributed by atoms with E-state index < -0.39 is 0 Å². The Morgan fingerprint density at radius 2 is 1.63 bits per heavy atom. The molecule has 0 amide bonds. The fourth-order valence-corrected chi connectivity index (χ4v) is 3.38. The lowest BCUT2D eigenvalue weighted by Gasteiger charge is -2.21. The van der Waals surface area contributed by atoms with Gasteiger partial charge in [-0.25, -0.2) is 0 Å². The molecule has 4 rings (SSSR count). The summed E-state index contributed by atoms with van der Waals surface area (Å²) in [5.74, 6) is 0. The lowest BCUT2D eigenvalue weighted by molar-refractivity contribution is 0.621. The summed E-state index contributed by atoms with van der Waals surface area (Å²) in [6.07, 6.45) is 0.587. The predicted octanol–water partition coefficient (Wildman–Crippen LogP) is 4.54. The molecule has 0 saturated carbocycles. The molecular formula is C22H18ClN3O. The first-order chi connectivity index (χ1) is 13.1. The van der Waals surface area contributed by atoms with E-state index >= 15 is 0 Å². The van der Waals surface area contributed by atoms with E-state index in [0.29, 0.717) is 16.8 Å². The zero-order chi connectivity index (χ0) is 18.8. The molecule has 0 saturated heterocycles. The zero-order valence-electron chi connectivity index (χ0n) is 14.8. The van der Waals surface area contributed by atoms with Gasteiger partial charge in [-0.3, -0.25) is 9.80 Å². The van der Waals surface area contributed by atoms with E-state index in [4.69, 9.17) is 11.6 Å². The van der Waals surface area contributed by atoms with Crippen molar-refractivity contribution in [3.8, 4) is 0 Å². The molecule has 0 aliphatic heterocycles. The molecule has 0 bridgehead atoms. The number of nitrogens with zero attached hydrogens (tertiary/aromatic N) is 3.